The maximum Gasteiger partial charge on any atom is 0.316 e. The van der Waals surface area contributed by atoms with Crippen LogP contribution in [0.3, 0.4) is 0 Å². The van der Waals surface area contributed by atoms with Gasteiger partial charge in [0.25, 0.3) is 0 Å². The average molecular weight is 159 g/mol. The molecular weight excluding hydrogens is 142 g/mol. The maximum atomic E-state index is 10.9. The third kappa shape index (κ3) is 4.61. The minimum atomic E-state index is -0.0645. The molecule has 0 saturated carbocycles. The Labute approximate surface area is 67.7 Å². The summed E-state index contributed by atoms with van der Waals surface area (Å²) in [5, 5.41) is 2.74. The number of nitrogens with one attached hydrogen (secondary N) is 1. The Hall–Kier alpha value is -0.770. The van der Waals surface area contributed by atoms with E-state index in [0.717, 1.165) is 0 Å². The van der Waals surface area contributed by atoms with Crippen LogP contribution in [0.5, 0.6) is 0 Å². The molecule has 0 fully saturated rings. The van der Waals surface area contributed by atoms with Gasteiger partial charge >= 0.3 is 6.03 Å². The lowest BCUT2D eigenvalue weighted by Gasteiger charge is -2.14. The van der Waals surface area contributed by atoms with Crippen LogP contribution in [0, 0.1) is 5.92 Å². The Kier molecular flexibility index (Phi) is 4.61. The molecule has 0 aromatic rings. The molecule has 3 N–H and O–H groups in total. The minimum Gasteiger partial charge on any atom is -0.338 e. The molecule has 2 amide bonds. The van der Waals surface area contributed by atoms with Crippen molar-refractivity contribution in [3.63, 3.8) is 0 Å². The molecule has 0 radical (unpaired) electrons. The van der Waals surface area contributed by atoms with Crippen molar-refractivity contribution in [2.45, 2.75) is 6.92 Å². The van der Waals surface area contributed by atoms with Crippen LogP contribution in [-0.4, -0.2) is 38.1 Å². The largest absolute Gasteiger partial charge is 0.338 e. The number of urea groups is 1. The molecule has 0 aromatic carbocycles. The van der Waals surface area contributed by atoms with Crippen LogP contribution in [0.25, 0.3) is 0 Å². The molecule has 1 atom stereocenters. The predicted octanol–water partition coefficient (Wildman–Crippen LogP) is -0.148. The lowest BCUT2D eigenvalue weighted by molar-refractivity contribution is 0.216. The summed E-state index contributed by atoms with van der Waals surface area (Å²) < 4.78 is 0. The van der Waals surface area contributed by atoms with Crippen LogP contribution < -0.4 is 11.1 Å². The zero-order valence-corrected chi connectivity index (χ0v) is 7.42. The first-order valence-electron chi connectivity index (χ1n) is 3.73. The van der Waals surface area contributed by atoms with Crippen molar-refractivity contribution in [1.29, 1.82) is 0 Å². The molecule has 0 saturated heterocycles. The Balaban J connectivity index is 3.46. The van der Waals surface area contributed by atoms with Gasteiger partial charge in [-0.25, -0.2) is 4.79 Å². The van der Waals surface area contributed by atoms with E-state index in [4.69, 9.17) is 5.73 Å². The summed E-state index contributed by atoms with van der Waals surface area (Å²) in [5.74, 6) is 0.346. The molecule has 0 aliphatic rings. The Morgan fingerprint density at radius 3 is 2.55 bits per heavy atom. The highest BCUT2D eigenvalue weighted by Crippen LogP contribution is 1.87. The number of carbonyl (C=O) groups excluding carboxylic acids is 1. The van der Waals surface area contributed by atoms with Crippen molar-refractivity contribution >= 4 is 6.03 Å². The maximum absolute atomic E-state index is 10.9. The average Bonchev–Trinajstić information content (AvgIpc) is 1.99. The summed E-state index contributed by atoms with van der Waals surface area (Å²) in [5.41, 5.74) is 5.37. The Morgan fingerprint density at radius 2 is 2.18 bits per heavy atom. The van der Waals surface area contributed by atoms with Gasteiger partial charge in [-0.1, -0.05) is 6.92 Å². The quantitative estimate of drug-likeness (QED) is 0.602. The van der Waals surface area contributed by atoms with Gasteiger partial charge in [0, 0.05) is 20.6 Å². The van der Waals surface area contributed by atoms with Gasteiger partial charge in [-0.2, -0.15) is 0 Å². The third-order valence-electron chi connectivity index (χ3n) is 1.41. The standard InChI is InChI=1S/C7H17N3O/c1-6(4-8)5-9-7(11)10(2)3/h6H,4-5,8H2,1-3H3,(H,9,11). The fraction of sp³-hybridized carbons (Fsp3) is 0.857. The zero-order valence-electron chi connectivity index (χ0n) is 7.42. The summed E-state index contributed by atoms with van der Waals surface area (Å²) in [6.45, 7) is 3.25. The number of hydrogen-bond acceptors (Lipinski definition) is 2. The molecule has 11 heavy (non-hydrogen) atoms. The van der Waals surface area contributed by atoms with Gasteiger partial charge in [-0.15, -0.1) is 0 Å². The van der Waals surface area contributed by atoms with Gasteiger partial charge < -0.3 is 16.0 Å². The van der Waals surface area contributed by atoms with E-state index in [9.17, 15) is 4.79 Å². The van der Waals surface area contributed by atoms with Crippen LogP contribution in [-0.2, 0) is 0 Å². The second kappa shape index (κ2) is 4.96. The van der Waals surface area contributed by atoms with Gasteiger partial charge in [0.05, 0.1) is 0 Å². The minimum absolute atomic E-state index is 0.0645. The van der Waals surface area contributed by atoms with Crippen LogP contribution in [0.4, 0.5) is 4.79 Å². The number of carbonyl (C=O) groups is 1. The highest BCUT2D eigenvalue weighted by Gasteiger charge is 2.04. The van der Waals surface area contributed by atoms with Crippen molar-refractivity contribution in [2.75, 3.05) is 27.2 Å². The summed E-state index contributed by atoms with van der Waals surface area (Å²) >= 11 is 0. The molecular formula is C7H17N3O. The van der Waals surface area contributed by atoms with Crippen molar-refractivity contribution in [2.24, 2.45) is 11.7 Å². The van der Waals surface area contributed by atoms with Gasteiger partial charge in [0.2, 0.25) is 0 Å². The number of nitrogens with zero attached hydrogens (tertiary/aromatic N) is 1. The van der Waals surface area contributed by atoms with Gasteiger partial charge in [-0.05, 0) is 12.5 Å². The second-order valence-corrected chi connectivity index (χ2v) is 2.92. The fourth-order valence-electron chi connectivity index (χ4n) is 0.503. The van der Waals surface area contributed by atoms with Crippen LogP contribution in [0.15, 0.2) is 0 Å². The van der Waals surface area contributed by atoms with E-state index >= 15 is 0 Å². The lowest BCUT2D eigenvalue weighted by atomic mass is 10.2. The molecule has 0 spiro atoms. The lowest BCUT2D eigenvalue weighted by Crippen LogP contribution is -2.38. The molecule has 66 valence electrons. The topological polar surface area (TPSA) is 58.4 Å². The molecule has 0 heterocycles. The first kappa shape index (κ1) is 10.2. The van der Waals surface area contributed by atoms with Crippen LogP contribution in [0.1, 0.15) is 6.92 Å². The van der Waals surface area contributed by atoms with E-state index in [1.54, 1.807) is 14.1 Å². The molecule has 0 aliphatic carbocycles. The van der Waals surface area contributed by atoms with Crippen molar-refractivity contribution in [1.82, 2.24) is 10.2 Å². The van der Waals surface area contributed by atoms with E-state index in [0.29, 0.717) is 19.0 Å². The summed E-state index contributed by atoms with van der Waals surface area (Å²) in [6.07, 6.45) is 0. The number of nitrogens with two attached hydrogens (primary N) is 1. The van der Waals surface area contributed by atoms with E-state index in [1.807, 2.05) is 6.92 Å². The van der Waals surface area contributed by atoms with Crippen molar-refractivity contribution < 1.29 is 4.79 Å². The van der Waals surface area contributed by atoms with Crippen LogP contribution in [0.2, 0.25) is 0 Å². The SMILES string of the molecule is CC(CN)CNC(=O)N(C)C. The van der Waals surface area contributed by atoms with E-state index in [2.05, 4.69) is 5.32 Å². The monoisotopic (exact) mass is 159 g/mol. The van der Waals surface area contributed by atoms with Crippen LogP contribution >= 0.6 is 0 Å². The highest BCUT2D eigenvalue weighted by molar-refractivity contribution is 5.73. The molecule has 0 aliphatic heterocycles. The first-order chi connectivity index (χ1) is 5.07. The number of amides is 2. The molecule has 4 nitrogen and oxygen atoms in total. The Morgan fingerprint density at radius 1 is 1.64 bits per heavy atom. The highest BCUT2D eigenvalue weighted by atomic mass is 16.2. The molecule has 0 rings (SSSR count). The summed E-state index contributed by atoms with van der Waals surface area (Å²) in [7, 11) is 3.42. The van der Waals surface area contributed by atoms with Gasteiger partial charge in [0.1, 0.15) is 0 Å². The Bertz CT molecular complexity index is 125. The molecule has 1 unspecified atom stereocenters. The summed E-state index contributed by atoms with van der Waals surface area (Å²) in [6, 6.07) is -0.0645. The number of rotatable bonds is 3. The number of hydrogen-bond donors (Lipinski definition) is 2. The normalized spacial score (nSPS) is 12.4. The van der Waals surface area contributed by atoms with E-state index in [-0.39, 0.29) is 6.03 Å². The van der Waals surface area contributed by atoms with Crippen molar-refractivity contribution in [3.05, 3.63) is 0 Å². The van der Waals surface area contributed by atoms with E-state index in [1.165, 1.54) is 4.90 Å². The summed E-state index contributed by atoms with van der Waals surface area (Å²) in [4.78, 5) is 12.4. The molecule has 0 aromatic heterocycles. The predicted molar refractivity (Wildman–Crippen MR) is 45.3 cm³/mol. The van der Waals surface area contributed by atoms with Gasteiger partial charge in [-0.3, -0.25) is 0 Å². The molecule has 4 heteroatoms. The van der Waals surface area contributed by atoms with Crippen molar-refractivity contribution in [3.8, 4) is 0 Å². The van der Waals surface area contributed by atoms with E-state index < -0.39 is 0 Å². The van der Waals surface area contributed by atoms with Gasteiger partial charge in [0.15, 0.2) is 0 Å². The second-order valence-electron chi connectivity index (χ2n) is 2.92. The fourth-order valence-corrected chi connectivity index (χ4v) is 0.503. The zero-order chi connectivity index (χ0) is 8.85. The smallest absolute Gasteiger partial charge is 0.316 e. The third-order valence-corrected chi connectivity index (χ3v) is 1.41. The first-order valence-corrected chi connectivity index (χ1v) is 3.73. The molecule has 0 bridgehead atoms.